The number of carbonyl (C=O) groups is 1. The third-order valence-corrected chi connectivity index (χ3v) is 4.80. The van der Waals surface area contributed by atoms with E-state index in [1.165, 1.54) is 11.3 Å². The van der Waals surface area contributed by atoms with Crippen LogP contribution in [-0.4, -0.2) is 27.7 Å². The normalized spacial score (nSPS) is 15.1. The lowest BCUT2D eigenvalue weighted by molar-refractivity contribution is -0.106. The Morgan fingerprint density at radius 1 is 1.11 bits per heavy atom. The first-order chi connectivity index (χ1) is 13.0. The SMILES string of the molecule is Cc1ccc2c(c1)N(c1ccc(Cl)cc1)C[C@@H](C)c1nnc(C)n1-2.NC=O. The highest BCUT2D eigenvalue weighted by atomic mass is 35.5. The lowest BCUT2D eigenvalue weighted by atomic mass is 10.1. The van der Waals surface area contributed by atoms with E-state index in [9.17, 15) is 0 Å². The van der Waals surface area contributed by atoms with Crippen LogP contribution in [0, 0.1) is 13.8 Å². The van der Waals surface area contributed by atoms with Gasteiger partial charge in [0.05, 0.1) is 11.4 Å². The van der Waals surface area contributed by atoms with Crippen molar-refractivity contribution >= 4 is 29.4 Å². The molecular weight excluding hydrogens is 362 g/mol. The largest absolute Gasteiger partial charge is 0.372 e. The number of benzene rings is 2. The molecule has 1 atom stereocenters. The van der Waals surface area contributed by atoms with Crippen molar-refractivity contribution in [3.63, 3.8) is 0 Å². The molecule has 1 aromatic heterocycles. The minimum atomic E-state index is 0.250. The van der Waals surface area contributed by atoms with Gasteiger partial charge in [-0.05, 0) is 55.8 Å². The number of hydrogen-bond donors (Lipinski definition) is 1. The Bertz CT molecular complexity index is 952. The van der Waals surface area contributed by atoms with Crippen molar-refractivity contribution in [3.05, 3.63) is 64.7 Å². The van der Waals surface area contributed by atoms with E-state index in [2.05, 4.69) is 69.6 Å². The second-order valence-electron chi connectivity index (χ2n) is 6.56. The lowest BCUT2D eigenvalue weighted by Gasteiger charge is -2.27. The molecule has 1 aliphatic rings. The summed E-state index contributed by atoms with van der Waals surface area (Å²) in [6.45, 7) is 7.16. The Balaban J connectivity index is 0.000000659. The fraction of sp³-hybridized carbons (Fsp3) is 0.250. The van der Waals surface area contributed by atoms with Crippen LogP contribution in [0.2, 0.25) is 5.02 Å². The molecule has 0 unspecified atom stereocenters. The highest BCUT2D eigenvalue weighted by Gasteiger charge is 2.28. The van der Waals surface area contributed by atoms with E-state index in [-0.39, 0.29) is 12.3 Å². The number of nitrogens with two attached hydrogens (primary N) is 1. The molecular formula is C20H22ClN5O. The van der Waals surface area contributed by atoms with Crippen LogP contribution in [0.4, 0.5) is 11.4 Å². The van der Waals surface area contributed by atoms with Crippen LogP contribution in [0.1, 0.15) is 30.1 Å². The Kier molecular flexibility index (Phi) is 5.46. The van der Waals surface area contributed by atoms with Crippen LogP contribution < -0.4 is 10.6 Å². The third kappa shape index (κ3) is 3.66. The summed E-state index contributed by atoms with van der Waals surface area (Å²) in [5.41, 5.74) is 8.83. The maximum atomic E-state index is 8.58. The van der Waals surface area contributed by atoms with Gasteiger partial charge in [-0.25, -0.2) is 0 Å². The Morgan fingerprint density at radius 2 is 1.78 bits per heavy atom. The van der Waals surface area contributed by atoms with Gasteiger partial charge in [-0.15, -0.1) is 10.2 Å². The van der Waals surface area contributed by atoms with Crippen molar-refractivity contribution in [2.45, 2.75) is 26.7 Å². The zero-order valence-electron chi connectivity index (χ0n) is 15.6. The molecule has 1 aliphatic heterocycles. The highest BCUT2D eigenvalue weighted by Crippen LogP contribution is 2.38. The molecule has 7 heteroatoms. The molecule has 0 saturated carbocycles. The Morgan fingerprint density at radius 3 is 2.44 bits per heavy atom. The van der Waals surface area contributed by atoms with Crippen molar-refractivity contribution in [2.75, 3.05) is 11.4 Å². The van der Waals surface area contributed by atoms with E-state index >= 15 is 0 Å². The van der Waals surface area contributed by atoms with Crippen molar-refractivity contribution < 1.29 is 4.79 Å². The van der Waals surface area contributed by atoms with Gasteiger partial charge in [0.1, 0.15) is 11.6 Å². The van der Waals surface area contributed by atoms with Gasteiger partial charge in [0.15, 0.2) is 0 Å². The second-order valence-corrected chi connectivity index (χ2v) is 6.99. The third-order valence-electron chi connectivity index (χ3n) is 4.55. The zero-order valence-corrected chi connectivity index (χ0v) is 16.3. The molecule has 2 heterocycles. The topological polar surface area (TPSA) is 77.0 Å². The number of carbonyl (C=O) groups excluding carboxylic acids is 1. The molecule has 0 fully saturated rings. The number of anilines is 2. The first kappa shape index (κ1) is 18.9. The quantitative estimate of drug-likeness (QED) is 0.646. The molecule has 0 bridgehead atoms. The smallest absolute Gasteiger partial charge is 0.204 e. The van der Waals surface area contributed by atoms with Gasteiger partial charge < -0.3 is 10.6 Å². The van der Waals surface area contributed by atoms with E-state index in [4.69, 9.17) is 16.4 Å². The summed E-state index contributed by atoms with van der Waals surface area (Å²) >= 11 is 6.07. The van der Waals surface area contributed by atoms with Gasteiger partial charge in [-0.2, -0.15) is 0 Å². The number of rotatable bonds is 1. The molecule has 4 rings (SSSR count). The molecule has 3 aromatic rings. The van der Waals surface area contributed by atoms with Gasteiger partial charge in [-0.3, -0.25) is 9.36 Å². The number of nitrogens with zero attached hydrogens (tertiary/aromatic N) is 4. The summed E-state index contributed by atoms with van der Waals surface area (Å²) in [5, 5.41) is 9.47. The molecule has 0 saturated heterocycles. The summed E-state index contributed by atoms with van der Waals surface area (Å²) in [6, 6.07) is 14.5. The molecule has 2 aromatic carbocycles. The maximum absolute atomic E-state index is 8.58. The molecule has 2 N–H and O–H groups in total. The molecule has 1 amide bonds. The molecule has 140 valence electrons. The minimum absolute atomic E-state index is 0.250. The number of aromatic nitrogens is 3. The number of fused-ring (bicyclic) bond motifs is 3. The molecule has 27 heavy (non-hydrogen) atoms. The zero-order chi connectivity index (χ0) is 19.6. The van der Waals surface area contributed by atoms with Gasteiger partial charge in [0, 0.05) is 23.2 Å². The van der Waals surface area contributed by atoms with Gasteiger partial charge in [0.25, 0.3) is 0 Å². The lowest BCUT2D eigenvalue weighted by Crippen LogP contribution is -2.22. The highest BCUT2D eigenvalue weighted by molar-refractivity contribution is 6.30. The van der Waals surface area contributed by atoms with Gasteiger partial charge in [-0.1, -0.05) is 24.6 Å². The van der Waals surface area contributed by atoms with E-state index in [1.807, 2.05) is 19.1 Å². The standard InChI is InChI=1S/C19H19ClN4.CH3NO/c1-12-4-9-17-18(10-12)23(16-7-5-15(20)6-8-16)11-13(2)19-22-21-14(3)24(17)19;2-1-3/h4-10,13H,11H2,1-3H3;1H,(H2,2,3)/t13-;/m1./s1. The predicted octanol–water partition coefficient (Wildman–Crippen LogP) is 3.89. The average Bonchev–Trinajstić information content (AvgIpc) is 2.97. The molecule has 0 aliphatic carbocycles. The maximum Gasteiger partial charge on any atom is 0.204 e. The Labute approximate surface area is 163 Å². The van der Waals surface area contributed by atoms with Crippen LogP contribution in [0.25, 0.3) is 5.69 Å². The van der Waals surface area contributed by atoms with Crippen molar-refractivity contribution in [2.24, 2.45) is 5.73 Å². The average molecular weight is 384 g/mol. The summed E-state index contributed by atoms with van der Waals surface area (Å²) in [7, 11) is 0. The number of hydrogen-bond acceptors (Lipinski definition) is 4. The van der Waals surface area contributed by atoms with E-state index < -0.39 is 0 Å². The monoisotopic (exact) mass is 383 g/mol. The predicted molar refractivity (Wildman–Crippen MR) is 108 cm³/mol. The summed E-state index contributed by atoms with van der Waals surface area (Å²) in [5.74, 6) is 2.18. The van der Waals surface area contributed by atoms with Crippen molar-refractivity contribution in [3.8, 4) is 5.69 Å². The minimum Gasteiger partial charge on any atom is -0.372 e. The number of amides is 1. The second kappa shape index (κ2) is 7.80. The van der Waals surface area contributed by atoms with Crippen molar-refractivity contribution in [1.29, 1.82) is 0 Å². The van der Waals surface area contributed by atoms with E-state index in [1.54, 1.807) is 0 Å². The fourth-order valence-electron chi connectivity index (χ4n) is 3.35. The summed E-state index contributed by atoms with van der Waals surface area (Å²) in [4.78, 5) is 10.9. The van der Waals surface area contributed by atoms with E-state index in [0.717, 1.165) is 34.6 Å². The van der Waals surface area contributed by atoms with Crippen LogP contribution in [-0.2, 0) is 4.79 Å². The first-order valence-electron chi connectivity index (χ1n) is 8.67. The van der Waals surface area contributed by atoms with E-state index in [0.29, 0.717) is 0 Å². The van der Waals surface area contributed by atoms with Crippen LogP contribution in [0.5, 0.6) is 0 Å². The van der Waals surface area contributed by atoms with Gasteiger partial charge >= 0.3 is 0 Å². The van der Waals surface area contributed by atoms with Crippen LogP contribution in [0.15, 0.2) is 42.5 Å². The van der Waals surface area contributed by atoms with Crippen LogP contribution in [0.3, 0.4) is 0 Å². The van der Waals surface area contributed by atoms with Crippen molar-refractivity contribution in [1.82, 2.24) is 14.8 Å². The van der Waals surface area contributed by atoms with Gasteiger partial charge in [0.2, 0.25) is 6.41 Å². The molecule has 0 radical (unpaired) electrons. The Hall–Kier alpha value is -2.86. The number of halogens is 1. The first-order valence-corrected chi connectivity index (χ1v) is 9.05. The number of primary amides is 1. The molecule has 0 spiro atoms. The summed E-state index contributed by atoms with van der Waals surface area (Å²) < 4.78 is 2.18. The number of aryl methyl sites for hydroxylation is 2. The van der Waals surface area contributed by atoms with Crippen LogP contribution >= 0.6 is 11.6 Å². The molecule has 6 nitrogen and oxygen atoms in total. The summed E-state index contributed by atoms with van der Waals surface area (Å²) in [6.07, 6.45) is 0.250. The fourth-order valence-corrected chi connectivity index (χ4v) is 3.48.